The van der Waals surface area contributed by atoms with Crippen LogP contribution in [0.15, 0.2) is 23.4 Å². The lowest BCUT2D eigenvalue weighted by Crippen LogP contribution is -2.26. The third-order valence-corrected chi connectivity index (χ3v) is 3.48. The van der Waals surface area contributed by atoms with Gasteiger partial charge < -0.3 is 21.0 Å². The van der Waals surface area contributed by atoms with Gasteiger partial charge in [-0.15, -0.1) is 0 Å². The first-order chi connectivity index (χ1) is 9.97. The SMILES string of the molecule is COc1ccc(CNC(C)CCC(C)C)cc1C(N)=NO. The van der Waals surface area contributed by atoms with Crippen molar-refractivity contribution >= 4 is 5.84 Å². The average Bonchev–Trinajstić information content (AvgIpc) is 2.49. The highest BCUT2D eigenvalue weighted by Gasteiger charge is 2.10. The van der Waals surface area contributed by atoms with Gasteiger partial charge in [-0.2, -0.15) is 0 Å². The number of nitrogens with zero attached hydrogens (tertiary/aromatic N) is 1. The molecule has 1 unspecified atom stereocenters. The molecular weight excluding hydrogens is 266 g/mol. The lowest BCUT2D eigenvalue weighted by atomic mass is 10.0. The second kappa shape index (κ2) is 8.52. The number of nitrogens with two attached hydrogens (primary N) is 1. The summed E-state index contributed by atoms with van der Waals surface area (Å²) in [5, 5.41) is 15.4. The number of oxime groups is 1. The zero-order valence-corrected chi connectivity index (χ0v) is 13.4. The van der Waals surface area contributed by atoms with Crippen molar-refractivity contribution in [3.8, 4) is 5.75 Å². The molecule has 118 valence electrons. The number of methoxy groups -OCH3 is 1. The largest absolute Gasteiger partial charge is 0.496 e. The molecule has 5 heteroatoms. The summed E-state index contributed by atoms with van der Waals surface area (Å²) in [5.41, 5.74) is 7.36. The van der Waals surface area contributed by atoms with Gasteiger partial charge in [0.15, 0.2) is 5.84 Å². The molecule has 4 N–H and O–H groups in total. The summed E-state index contributed by atoms with van der Waals surface area (Å²) >= 11 is 0. The van der Waals surface area contributed by atoms with Gasteiger partial charge in [0.25, 0.3) is 0 Å². The van der Waals surface area contributed by atoms with Gasteiger partial charge in [0.1, 0.15) is 5.75 Å². The molecule has 1 aromatic carbocycles. The molecule has 0 fully saturated rings. The van der Waals surface area contributed by atoms with E-state index in [9.17, 15) is 0 Å². The first-order valence-corrected chi connectivity index (χ1v) is 7.36. The number of rotatable bonds is 8. The van der Waals surface area contributed by atoms with Crippen LogP contribution in [-0.2, 0) is 6.54 Å². The monoisotopic (exact) mass is 293 g/mol. The van der Waals surface area contributed by atoms with E-state index in [1.165, 1.54) is 6.42 Å². The van der Waals surface area contributed by atoms with Crippen molar-refractivity contribution < 1.29 is 9.94 Å². The van der Waals surface area contributed by atoms with Gasteiger partial charge in [-0.05, 0) is 43.4 Å². The van der Waals surface area contributed by atoms with Crippen molar-refractivity contribution in [3.63, 3.8) is 0 Å². The van der Waals surface area contributed by atoms with Crippen LogP contribution in [0.25, 0.3) is 0 Å². The molecule has 0 radical (unpaired) electrons. The van der Waals surface area contributed by atoms with E-state index >= 15 is 0 Å². The van der Waals surface area contributed by atoms with E-state index in [2.05, 4.69) is 31.2 Å². The van der Waals surface area contributed by atoms with Crippen LogP contribution in [0.2, 0.25) is 0 Å². The summed E-state index contributed by atoms with van der Waals surface area (Å²) in [7, 11) is 1.56. The first-order valence-electron chi connectivity index (χ1n) is 7.36. The minimum Gasteiger partial charge on any atom is -0.496 e. The van der Waals surface area contributed by atoms with Gasteiger partial charge in [-0.3, -0.25) is 0 Å². The van der Waals surface area contributed by atoms with Gasteiger partial charge in [0, 0.05) is 12.6 Å². The number of benzene rings is 1. The Morgan fingerprint density at radius 2 is 2.05 bits per heavy atom. The maximum Gasteiger partial charge on any atom is 0.173 e. The molecule has 0 amide bonds. The molecule has 1 rings (SSSR count). The highest BCUT2D eigenvalue weighted by molar-refractivity contribution is 5.99. The molecule has 0 heterocycles. The number of ether oxygens (including phenoxy) is 1. The third-order valence-electron chi connectivity index (χ3n) is 3.48. The van der Waals surface area contributed by atoms with Crippen molar-refractivity contribution in [2.75, 3.05) is 7.11 Å². The summed E-state index contributed by atoms with van der Waals surface area (Å²) in [6.07, 6.45) is 2.37. The molecule has 21 heavy (non-hydrogen) atoms. The summed E-state index contributed by atoms with van der Waals surface area (Å²) in [6.45, 7) is 7.41. The lowest BCUT2D eigenvalue weighted by molar-refractivity contribution is 0.318. The van der Waals surface area contributed by atoms with E-state index in [1.807, 2.05) is 18.2 Å². The standard InChI is InChI=1S/C16H27N3O2/c1-11(2)5-6-12(3)18-10-13-7-8-15(21-4)14(9-13)16(17)19-20/h7-9,11-12,18,20H,5-6,10H2,1-4H3,(H2,17,19). The Kier molecular flexibility index (Phi) is 7.02. The fraction of sp³-hybridized carbons (Fsp3) is 0.562. The van der Waals surface area contributed by atoms with Crippen LogP contribution in [0.5, 0.6) is 5.75 Å². The van der Waals surface area contributed by atoms with Crippen LogP contribution >= 0.6 is 0 Å². The molecule has 0 saturated heterocycles. The second-order valence-electron chi connectivity index (χ2n) is 5.77. The Morgan fingerprint density at radius 1 is 1.33 bits per heavy atom. The quantitative estimate of drug-likeness (QED) is 0.298. The number of amidine groups is 1. The van der Waals surface area contributed by atoms with E-state index in [0.29, 0.717) is 17.4 Å². The minimum absolute atomic E-state index is 0.0570. The van der Waals surface area contributed by atoms with Crippen LogP contribution in [0.1, 0.15) is 44.7 Å². The predicted molar refractivity (Wildman–Crippen MR) is 85.9 cm³/mol. The third kappa shape index (κ3) is 5.63. The topological polar surface area (TPSA) is 79.9 Å². The number of hydrogen-bond acceptors (Lipinski definition) is 4. The summed E-state index contributed by atoms with van der Waals surface area (Å²) in [5.74, 6) is 1.38. The van der Waals surface area contributed by atoms with Crippen molar-refractivity contribution in [2.24, 2.45) is 16.8 Å². The van der Waals surface area contributed by atoms with Gasteiger partial charge in [-0.25, -0.2) is 0 Å². The predicted octanol–water partition coefficient (Wildman–Crippen LogP) is 2.70. The molecule has 0 aliphatic rings. The van der Waals surface area contributed by atoms with Crippen LogP contribution in [0.4, 0.5) is 0 Å². The highest BCUT2D eigenvalue weighted by atomic mass is 16.5. The van der Waals surface area contributed by atoms with Gasteiger partial charge in [0.2, 0.25) is 0 Å². The lowest BCUT2D eigenvalue weighted by Gasteiger charge is -2.16. The average molecular weight is 293 g/mol. The molecule has 0 aliphatic carbocycles. The van der Waals surface area contributed by atoms with E-state index in [1.54, 1.807) is 7.11 Å². The molecule has 1 atom stereocenters. The molecule has 0 aliphatic heterocycles. The zero-order chi connectivity index (χ0) is 15.8. The molecule has 0 spiro atoms. The van der Waals surface area contributed by atoms with Crippen molar-refractivity contribution in [2.45, 2.75) is 46.2 Å². The van der Waals surface area contributed by atoms with Crippen LogP contribution < -0.4 is 15.8 Å². The van der Waals surface area contributed by atoms with E-state index in [0.717, 1.165) is 24.4 Å². The Hall–Kier alpha value is -1.75. The second-order valence-corrected chi connectivity index (χ2v) is 5.77. The molecule has 0 bridgehead atoms. The van der Waals surface area contributed by atoms with Crippen LogP contribution in [0.3, 0.4) is 0 Å². The Morgan fingerprint density at radius 3 is 2.62 bits per heavy atom. The highest BCUT2D eigenvalue weighted by Crippen LogP contribution is 2.20. The maximum atomic E-state index is 8.83. The normalized spacial score (nSPS) is 13.5. The maximum absolute atomic E-state index is 8.83. The minimum atomic E-state index is 0.0570. The molecule has 0 saturated carbocycles. The number of hydrogen-bond donors (Lipinski definition) is 3. The summed E-state index contributed by atoms with van der Waals surface area (Å²) in [4.78, 5) is 0. The smallest absolute Gasteiger partial charge is 0.173 e. The Labute approximate surface area is 127 Å². The van der Waals surface area contributed by atoms with Gasteiger partial charge in [0.05, 0.1) is 12.7 Å². The van der Waals surface area contributed by atoms with Gasteiger partial charge in [-0.1, -0.05) is 25.1 Å². The van der Waals surface area contributed by atoms with Crippen molar-refractivity contribution in [1.29, 1.82) is 0 Å². The fourth-order valence-electron chi connectivity index (χ4n) is 2.10. The van der Waals surface area contributed by atoms with Crippen molar-refractivity contribution in [1.82, 2.24) is 5.32 Å². The number of nitrogens with one attached hydrogen (secondary N) is 1. The van der Waals surface area contributed by atoms with Crippen LogP contribution in [-0.4, -0.2) is 24.2 Å². The molecule has 0 aromatic heterocycles. The van der Waals surface area contributed by atoms with E-state index in [4.69, 9.17) is 15.7 Å². The Balaban J connectivity index is 2.68. The fourth-order valence-corrected chi connectivity index (χ4v) is 2.10. The zero-order valence-electron chi connectivity index (χ0n) is 13.4. The molecule has 5 nitrogen and oxygen atoms in total. The van der Waals surface area contributed by atoms with Crippen molar-refractivity contribution in [3.05, 3.63) is 29.3 Å². The molecule has 1 aromatic rings. The van der Waals surface area contributed by atoms with Crippen LogP contribution in [0, 0.1) is 5.92 Å². The van der Waals surface area contributed by atoms with Gasteiger partial charge >= 0.3 is 0 Å². The summed E-state index contributed by atoms with van der Waals surface area (Å²) in [6, 6.07) is 6.16. The first kappa shape index (κ1) is 17.3. The van der Waals surface area contributed by atoms with E-state index < -0.39 is 0 Å². The Bertz CT molecular complexity index is 473. The molecular formula is C16H27N3O2. The summed E-state index contributed by atoms with van der Waals surface area (Å²) < 4.78 is 5.22. The van der Waals surface area contributed by atoms with E-state index in [-0.39, 0.29) is 5.84 Å².